The second kappa shape index (κ2) is 9.99. The topological polar surface area (TPSA) is 70.2 Å². The average molecular weight is 398 g/mol. The molecule has 0 radical (unpaired) electrons. The van der Waals surface area contributed by atoms with E-state index in [1.54, 1.807) is 24.3 Å². The minimum absolute atomic E-state index is 0.130. The largest absolute Gasteiger partial charge is 0.332 e. The molecule has 2 aromatic rings. The fourth-order valence-electron chi connectivity index (χ4n) is 2.79. The molecule has 1 atom stereocenters. The molecule has 0 aliphatic rings. The number of hydrogen-bond donors (Lipinski definition) is 3. The lowest BCUT2D eigenvalue weighted by Crippen LogP contribution is -2.36. The van der Waals surface area contributed by atoms with Gasteiger partial charge in [-0.3, -0.25) is 9.59 Å². The smallest absolute Gasteiger partial charge is 0.233 e. The van der Waals surface area contributed by atoms with Gasteiger partial charge in [0.2, 0.25) is 11.8 Å². The van der Waals surface area contributed by atoms with E-state index in [1.165, 1.54) is 12.5 Å². The quantitative estimate of drug-likeness (QED) is 0.630. The van der Waals surface area contributed by atoms with E-state index in [4.69, 9.17) is 12.2 Å². The predicted molar refractivity (Wildman–Crippen MR) is 119 cm³/mol. The minimum Gasteiger partial charge on any atom is -0.332 e. The monoisotopic (exact) mass is 397 g/mol. The normalized spacial score (nSPS) is 11.6. The zero-order valence-electron chi connectivity index (χ0n) is 16.7. The molecule has 2 amide bonds. The van der Waals surface area contributed by atoms with Crippen molar-refractivity contribution in [1.82, 2.24) is 5.32 Å². The van der Waals surface area contributed by atoms with E-state index < -0.39 is 0 Å². The van der Waals surface area contributed by atoms with Crippen molar-refractivity contribution in [3.63, 3.8) is 0 Å². The van der Waals surface area contributed by atoms with Gasteiger partial charge in [-0.1, -0.05) is 38.1 Å². The van der Waals surface area contributed by atoms with Gasteiger partial charge in [0.05, 0.1) is 5.92 Å². The van der Waals surface area contributed by atoms with Gasteiger partial charge in [0.15, 0.2) is 5.11 Å². The Kier molecular flexibility index (Phi) is 7.70. The number of carbonyl (C=O) groups is 2. The molecule has 2 rings (SSSR count). The van der Waals surface area contributed by atoms with Crippen LogP contribution in [0.2, 0.25) is 0 Å². The highest BCUT2D eigenvalue weighted by Crippen LogP contribution is 2.18. The maximum atomic E-state index is 12.5. The van der Waals surface area contributed by atoms with Crippen molar-refractivity contribution in [3.05, 3.63) is 59.7 Å². The Morgan fingerprint density at radius 3 is 1.93 bits per heavy atom. The van der Waals surface area contributed by atoms with E-state index in [0.717, 1.165) is 17.7 Å². The van der Waals surface area contributed by atoms with Gasteiger partial charge in [0, 0.05) is 18.3 Å². The maximum absolute atomic E-state index is 12.5. The molecule has 0 saturated carbocycles. The second-order valence-electron chi connectivity index (χ2n) is 7.26. The first-order chi connectivity index (χ1) is 13.2. The van der Waals surface area contributed by atoms with Gasteiger partial charge >= 0.3 is 0 Å². The van der Waals surface area contributed by atoms with Crippen molar-refractivity contribution in [2.75, 3.05) is 10.6 Å². The van der Waals surface area contributed by atoms with E-state index >= 15 is 0 Å². The molecule has 1 unspecified atom stereocenters. The number of anilines is 2. The number of thiocarbonyl (C=S) groups is 1. The number of carbonyl (C=O) groups excluding carboxylic acids is 2. The Balaban J connectivity index is 1.90. The van der Waals surface area contributed by atoms with E-state index in [0.29, 0.717) is 11.6 Å². The first kappa shape index (κ1) is 21.6. The van der Waals surface area contributed by atoms with Gasteiger partial charge < -0.3 is 16.0 Å². The zero-order chi connectivity index (χ0) is 20.7. The van der Waals surface area contributed by atoms with Crippen LogP contribution in [0, 0.1) is 5.92 Å². The van der Waals surface area contributed by atoms with Crippen LogP contribution in [0.1, 0.15) is 44.7 Å². The zero-order valence-corrected chi connectivity index (χ0v) is 17.5. The summed E-state index contributed by atoms with van der Waals surface area (Å²) >= 11 is 5.24. The van der Waals surface area contributed by atoms with Gasteiger partial charge in [0.1, 0.15) is 0 Å². The molecule has 0 heterocycles. The van der Waals surface area contributed by atoms with Crippen molar-refractivity contribution in [3.8, 4) is 0 Å². The molecule has 6 heteroatoms. The molecule has 0 fully saturated rings. The first-order valence-corrected chi connectivity index (χ1v) is 9.73. The highest BCUT2D eigenvalue weighted by atomic mass is 32.1. The summed E-state index contributed by atoms with van der Waals surface area (Å²) < 4.78 is 0. The van der Waals surface area contributed by atoms with E-state index in [-0.39, 0.29) is 22.8 Å². The van der Waals surface area contributed by atoms with Crippen LogP contribution < -0.4 is 16.0 Å². The molecule has 0 aromatic heterocycles. The molecule has 5 nitrogen and oxygen atoms in total. The maximum Gasteiger partial charge on any atom is 0.233 e. The van der Waals surface area contributed by atoms with Crippen molar-refractivity contribution < 1.29 is 9.59 Å². The Labute approximate surface area is 171 Å². The summed E-state index contributed by atoms with van der Waals surface area (Å²) in [6.07, 6.45) is 1.02. The second-order valence-corrected chi connectivity index (χ2v) is 7.67. The lowest BCUT2D eigenvalue weighted by atomic mass is 9.96. The molecule has 0 saturated heterocycles. The Morgan fingerprint density at radius 1 is 0.893 bits per heavy atom. The van der Waals surface area contributed by atoms with Crippen LogP contribution >= 0.6 is 12.2 Å². The molecule has 148 valence electrons. The molecule has 0 bridgehead atoms. The Bertz CT molecular complexity index is 830. The van der Waals surface area contributed by atoms with E-state index in [1.807, 2.05) is 19.1 Å². The number of benzene rings is 2. The Morgan fingerprint density at radius 2 is 1.43 bits per heavy atom. The van der Waals surface area contributed by atoms with Crippen LogP contribution in [0.15, 0.2) is 48.5 Å². The third-order valence-corrected chi connectivity index (χ3v) is 4.42. The molecule has 0 spiro atoms. The first-order valence-electron chi connectivity index (χ1n) is 9.33. The average Bonchev–Trinajstić information content (AvgIpc) is 2.62. The Hall–Kier alpha value is -2.73. The summed E-state index contributed by atoms with van der Waals surface area (Å²) in [6.45, 7) is 7.68. The van der Waals surface area contributed by atoms with Gasteiger partial charge in [-0.05, 0) is 66.9 Å². The molecule has 3 N–H and O–H groups in total. The van der Waals surface area contributed by atoms with Crippen molar-refractivity contribution >= 4 is 40.5 Å². The van der Waals surface area contributed by atoms with Crippen molar-refractivity contribution in [2.24, 2.45) is 5.92 Å². The lowest BCUT2D eigenvalue weighted by Gasteiger charge is -2.15. The van der Waals surface area contributed by atoms with E-state index in [9.17, 15) is 9.59 Å². The molecular formula is C22H27N3O2S. The molecular weight excluding hydrogens is 370 g/mol. The number of rotatable bonds is 6. The van der Waals surface area contributed by atoms with Gasteiger partial charge in [0.25, 0.3) is 0 Å². The number of nitrogens with one attached hydrogen (secondary N) is 3. The standard InChI is InChI=1S/C22H27N3O2S/c1-14(2)13-17-5-7-18(8-6-17)15(3)21(27)25-22(28)24-20-11-9-19(10-12-20)23-16(4)26/h5-12,14-15H,13H2,1-4H3,(H,23,26)(H2,24,25,27,28). The molecule has 2 aromatic carbocycles. The molecule has 28 heavy (non-hydrogen) atoms. The molecule has 0 aliphatic carbocycles. The summed E-state index contributed by atoms with van der Waals surface area (Å²) in [4.78, 5) is 23.5. The van der Waals surface area contributed by atoms with Crippen LogP contribution in [0.5, 0.6) is 0 Å². The van der Waals surface area contributed by atoms with Gasteiger partial charge in [-0.2, -0.15) is 0 Å². The lowest BCUT2D eigenvalue weighted by molar-refractivity contribution is -0.120. The van der Waals surface area contributed by atoms with Gasteiger partial charge in [-0.25, -0.2) is 0 Å². The summed E-state index contributed by atoms with van der Waals surface area (Å²) in [5, 5.41) is 8.64. The summed E-state index contributed by atoms with van der Waals surface area (Å²) in [7, 11) is 0. The van der Waals surface area contributed by atoms with E-state index in [2.05, 4.69) is 41.9 Å². The SMILES string of the molecule is CC(=O)Nc1ccc(NC(=S)NC(=O)C(C)c2ccc(CC(C)C)cc2)cc1. The predicted octanol–water partition coefficient (Wildman–Crippen LogP) is 4.46. The third kappa shape index (κ3) is 6.78. The fraction of sp³-hybridized carbons (Fsp3) is 0.318. The van der Waals surface area contributed by atoms with Crippen LogP contribution in [-0.2, 0) is 16.0 Å². The van der Waals surface area contributed by atoms with Crippen LogP contribution in [-0.4, -0.2) is 16.9 Å². The van der Waals surface area contributed by atoms with Gasteiger partial charge in [-0.15, -0.1) is 0 Å². The number of amides is 2. The summed E-state index contributed by atoms with van der Waals surface area (Å²) in [5.74, 6) is -0.00369. The van der Waals surface area contributed by atoms with Crippen LogP contribution in [0.4, 0.5) is 11.4 Å². The summed E-state index contributed by atoms with van der Waals surface area (Å²) in [6, 6.07) is 15.2. The van der Waals surface area contributed by atoms with Crippen LogP contribution in [0.25, 0.3) is 0 Å². The minimum atomic E-state index is -0.310. The van der Waals surface area contributed by atoms with Crippen molar-refractivity contribution in [1.29, 1.82) is 0 Å². The summed E-state index contributed by atoms with van der Waals surface area (Å²) in [5.41, 5.74) is 3.64. The van der Waals surface area contributed by atoms with Crippen LogP contribution in [0.3, 0.4) is 0 Å². The highest BCUT2D eigenvalue weighted by Gasteiger charge is 2.16. The highest BCUT2D eigenvalue weighted by molar-refractivity contribution is 7.80. The fourth-order valence-corrected chi connectivity index (χ4v) is 3.01. The third-order valence-electron chi connectivity index (χ3n) is 4.22. The number of hydrogen-bond acceptors (Lipinski definition) is 3. The van der Waals surface area contributed by atoms with Crippen molar-refractivity contribution in [2.45, 2.75) is 40.0 Å². The molecule has 0 aliphatic heterocycles.